The van der Waals surface area contributed by atoms with Crippen molar-refractivity contribution in [3.05, 3.63) is 0 Å². The number of aliphatic hydroxyl groups excluding tert-OH is 3. The van der Waals surface area contributed by atoms with Crippen molar-refractivity contribution in [3.63, 3.8) is 0 Å². The van der Waals surface area contributed by atoms with Gasteiger partial charge in [-0.25, -0.2) is 13.7 Å². The average molecular weight is 420 g/mol. The quantitative estimate of drug-likeness (QED) is 0.155. The average Bonchev–Trinajstić information content (AvgIpc) is 2.37. The van der Waals surface area contributed by atoms with Crippen molar-refractivity contribution < 1.29 is 71.6 Å². The van der Waals surface area contributed by atoms with Crippen LogP contribution in [0.25, 0.3) is 0 Å². The minimum Gasteiger partial charge on any atom is -0.388 e. The van der Waals surface area contributed by atoms with E-state index in [0.717, 1.165) is 0 Å². The van der Waals surface area contributed by atoms with Crippen molar-refractivity contribution in [2.75, 3.05) is 13.2 Å². The second kappa shape index (κ2) is 9.03. The number of hydrogen-bond acceptors (Lipinski definition) is 10. The van der Waals surface area contributed by atoms with Gasteiger partial charge in [-0.15, -0.1) is 0 Å². The molecule has 0 saturated heterocycles. The number of phosphoric ester groups is 2. The van der Waals surface area contributed by atoms with Crippen LogP contribution in [0.4, 0.5) is 0 Å². The van der Waals surface area contributed by atoms with Gasteiger partial charge < -0.3 is 39.8 Å². The van der Waals surface area contributed by atoms with E-state index in [4.69, 9.17) is 24.5 Å². The van der Waals surface area contributed by atoms with Crippen molar-refractivity contribution in [1.29, 1.82) is 0 Å². The predicted molar refractivity (Wildman–Crippen MR) is 69.9 cm³/mol. The molecule has 24 heavy (non-hydrogen) atoms. The lowest BCUT2D eigenvalue weighted by Crippen LogP contribution is -2.45. The highest BCUT2D eigenvalue weighted by Gasteiger charge is 2.36. The highest BCUT2D eigenvalue weighted by Crippen LogP contribution is 2.57. The van der Waals surface area contributed by atoms with Gasteiger partial charge in [-0.1, -0.05) is 0 Å². The number of carbonyl (C=O) groups excluding carboxylic acids is 1. The van der Waals surface area contributed by atoms with Crippen molar-refractivity contribution in [1.82, 2.24) is 0 Å². The van der Waals surface area contributed by atoms with Gasteiger partial charge in [0, 0.05) is 0 Å². The highest BCUT2D eigenvalue weighted by molar-refractivity contribution is 7.60. The molecule has 1 unspecified atom stereocenters. The molecule has 0 aliphatic rings. The minimum atomic E-state index is -5.42. The van der Waals surface area contributed by atoms with Gasteiger partial charge in [0.1, 0.15) is 24.9 Å². The lowest BCUT2D eigenvalue weighted by molar-refractivity contribution is -0.142. The van der Waals surface area contributed by atoms with Crippen molar-refractivity contribution in [2.24, 2.45) is 0 Å². The van der Waals surface area contributed by atoms with Gasteiger partial charge in [0.2, 0.25) is 0 Å². The molecular formula is C6H15O15P3. The third-order valence-electron chi connectivity index (χ3n) is 2.04. The Morgan fingerprint density at radius 2 is 1.38 bits per heavy atom. The van der Waals surface area contributed by atoms with E-state index >= 15 is 0 Å². The Morgan fingerprint density at radius 1 is 0.875 bits per heavy atom. The molecule has 0 rings (SSSR count). The molecule has 0 radical (unpaired) electrons. The Hall–Kier alpha value is -0.0800. The summed E-state index contributed by atoms with van der Waals surface area (Å²) in [4.78, 5) is 53.6. The summed E-state index contributed by atoms with van der Waals surface area (Å²) in [5.74, 6) is -1.53. The van der Waals surface area contributed by atoms with E-state index in [-0.39, 0.29) is 0 Å². The van der Waals surface area contributed by atoms with Crippen LogP contribution < -0.4 is 0 Å². The molecule has 8 N–H and O–H groups in total. The first-order valence-corrected chi connectivity index (χ1v) is 10.1. The lowest BCUT2D eigenvalue weighted by Gasteiger charge is -2.22. The molecule has 0 aromatic carbocycles. The van der Waals surface area contributed by atoms with Crippen LogP contribution in [0.2, 0.25) is 0 Å². The Labute approximate surface area is 133 Å². The van der Waals surface area contributed by atoms with Gasteiger partial charge in [0.25, 0.3) is 0 Å². The molecule has 18 heteroatoms. The van der Waals surface area contributed by atoms with E-state index in [2.05, 4.69) is 13.4 Å². The Balaban J connectivity index is 4.57. The zero-order valence-electron chi connectivity index (χ0n) is 11.4. The van der Waals surface area contributed by atoms with Crippen LogP contribution in [0.15, 0.2) is 0 Å². The van der Waals surface area contributed by atoms with Gasteiger partial charge in [0.15, 0.2) is 5.78 Å². The number of hydrogen-bond donors (Lipinski definition) is 8. The first-order chi connectivity index (χ1) is 10.5. The van der Waals surface area contributed by atoms with Gasteiger partial charge >= 0.3 is 23.5 Å². The van der Waals surface area contributed by atoms with E-state index in [0.29, 0.717) is 0 Å². The maximum atomic E-state index is 11.4. The highest BCUT2D eigenvalue weighted by atomic mass is 31.3. The number of carbonyl (C=O) groups is 1. The van der Waals surface area contributed by atoms with E-state index in [9.17, 15) is 33.8 Å². The van der Waals surface area contributed by atoms with Gasteiger partial charge in [0.05, 0.1) is 6.61 Å². The van der Waals surface area contributed by atoms with Crippen LogP contribution in [0, 0.1) is 0 Å². The summed E-state index contributed by atoms with van der Waals surface area (Å²) >= 11 is 0. The van der Waals surface area contributed by atoms with Crippen molar-refractivity contribution in [3.8, 4) is 0 Å². The van der Waals surface area contributed by atoms with E-state index < -0.39 is 60.8 Å². The molecule has 0 aromatic rings. The summed E-state index contributed by atoms with van der Waals surface area (Å²) < 4.78 is 42.8. The summed E-state index contributed by atoms with van der Waals surface area (Å²) in [7, 11) is -15.8. The molecule has 0 fully saturated rings. The summed E-state index contributed by atoms with van der Waals surface area (Å²) in [5.41, 5.74) is 0. The topological polar surface area (TPSA) is 258 Å². The first kappa shape index (κ1) is 23.9. The van der Waals surface area contributed by atoms with Crippen LogP contribution in [0.5, 0.6) is 0 Å². The third kappa shape index (κ3) is 10.7. The van der Waals surface area contributed by atoms with E-state index in [1.165, 1.54) is 0 Å². The van der Waals surface area contributed by atoms with Gasteiger partial charge in [-0.2, -0.15) is 4.31 Å². The molecule has 0 heterocycles. The minimum absolute atomic E-state index is 1.17. The monoisotopic (exact) mass is 420 g/mol. The van der Waals surface area contributed by atoms with Crippen LogP contribution in [-0.4, -0.2) is 77.1 Å². The standard InChI is InChI=1S/C6H15O15P3/c7-3(1-19-22(11,12)13)5(9)6(10)4(8)2-20-24(17,18)21-23(14,15)16/h3,5-7,9-10H,1-2H2,(H,17,18)(H2,11,12,13)(H2,14,15,16)/t3-,5-,6-/m1/s1. The van der Waals surface area contributed by atoms with Gasteiger partial charge in [-0.05, 0) is 0 Å². The summed E-state index contributed by atoms with van der Waals surface area (Å²) in [5, 5.41) is 28.0. The number of Topliss-reactive ketones (excluding diaryl/α,β-unsaturated/α-hetero) is 1. The van der Waals surface area contributed by atoms with E-state index in [1.54, 1.807) is 0 Å². The molecule has 0 aromatic heterocycles. The van der Waals surface area contributed by atoms with E-state index in [1.807, 2.05) is 0 Å². The molecule has 15 nitrogen and oxygen atoms in total. The number of phosphoric acid groups is 3. The van der Waals surface area contributed by atoms with Crippen LogP contribution in [-0.2, 0) is 31.8 Å². The Kier molecular flexibility index (Phi) is 9.00. The SMILES string of the molecule is O=C(COP(=O)(O)OP(=O)(O)O)[C@@H](O)[C@H](O)[C@H](O)COP(=O)(O)O. The normalized spacial score (nSPS) is 19.3. The molecule has 0 spiro atoms. The fourth-order valence-electron chi connectivity index (χ4n) is 1.06. The molecule has 4 atom stereocenters. The summed E-state index contributed by atoms with van der Waals surface area (Å²) in [6, 6.07) is 0. The van der Waals surface area contributed by atoms with Crippen LogP contribution in [0.1, 0.15) is 0 Å². The molecule has 0 saturated carbocycles. The first-order valence-electron chi connectivity index (χ1n) is 5.55. The molecule has 0 aliphatic heterocycles. The second-order valence-corrected chi connectivity index (χ2v) is 8.14. The Morgan fingerprint density at radius 3 is 1.79 bits per heavy atom. The molecule has 0 aliphatic carbocycles. The zero-order chi connectivity index (χ0) is 19.3. The number of aliphatic hydroxyl groups is 3. The maximum Gasteiger partial charge on any atom is 0.481 e. The Bertz CT molecular complexity index is 562. The molecule has 144 valence electrons. The lowest BCUT2D eigenvalue weighted by atomic mass is 10.1. The summed E-state index contributed by atoms with van der Waals surface area (Å²) in [6.07, 6.45) is -6.91. The fourth-order valence-corrected chi connectivity index (χ4v) is 2.96. The van der Waals surface area contributed by atoms with Crippen molar-refractivity contribution in [2.45, 2.75) is 18.3 Å². The van der Waals surface area contributed by atoms with Crippen LogP contribution >= 0.6 is 23.5 Å². The smallest absolute Gasteiger partial charge is 0.388 e. The number of rotatable bonds is 11. The van der Waals surface area contributed by atoms with Gasteiger partial charge in [-0.3, -0.25) is 13.8 Å². The van der Waals surface area contributed by atoms with Crippen molar-refractivity contribution >= 4 is 29.3 Å². The summed E-state index contributed by atoms with van der Waals surface area (Å²) in [6.45, 7) is -2.63. The fraction of sp³-hybridized carbons (Fsp3) is 0.833. The third-order valence-corrected chi connectivity index (χ3v) is 4.66. The second-order valence-electron chi connectivity index (χ2n) is 4.07. The number of ketones is 1. The predicted octanol–water partition coefficient (Wildman–Crippen LogP) is -3.03. The zero-order valence-corrected chi connectivity index (χ0v) is 14.1. The largest absolute Gasteiger partial charge is 0.481 e. The maximum absolute atomic E-state index is 11.4. The molecular weight excluding hydrogens is 405 g/mol. The molecule has 0 amide bonds. The van der Waals surface area contributed by atoms with Crippen LogP contribution in [0.3, 0.4) is 0 Å². The molecule has 0 bridgehead atoms.